The highest BCUT2D eigenvalue weighted by molar-refractivity contribution is 6.30. The molecule has 0 spiro atoms. The molecule has 26 heavy (non-hydrogen) atoms. The number of hydrogen-bond acceptors (Lipinski definition) is 4. The van der Waals surface area contributed by atoms with Crippen molar-refractivity contribution in [2.75, 3.05) is 7.11 Å². The van der Waals surface area contributed by atoms with Crippen molar-refractivity contribution in [1.82, 2.24) is 4.90 Å². The molecule has 0 bridgehead atoms. The monoisotopic (exact) mass is 374 g/mol. The summed E-state index contributed by atoms with van der Waals surface area (Å²) in [4.78, 5) is 19.4. The third-order valence-corrected chi connectivity index (χ3v) is 5.29. The van der Waals surface area contributed by atoms with Gasteiger partial charge in [0.05, 0.1) is 24.0 Å². The number of esters is 1. The fourth-order valence-electron chi connectivity index (χ4n) is 3.41. The van der Waals surface area contributed by atoms with Crippen molar-refractivity contribution in [3.63, 3.8) is 0 Å². The molecule has 1 heterocycles. The van der Waals surface area contributed by atoms with Gasteiger partial charge >= 0.3 is 5.97 Å². The van der Waals surface area contributed by atoms with Crippen LogP contribution in [0.1, 0.15) is 25.0 Å². The minimum absolute atomic E-state index is 0.0683. The summed E-state index contributed by atoms with van der Waals surface area (Å²) in [5.41, 5.74) is -0.313. The van der Waals surface area contributed by atoms with Crippen LogP contribution in [0.15, 0.2) is 53.5 Å². The zero-order chi connectivity index (χ0) is 18.9. The van der Waals surface area contributed by atoms with Gasteiger partial charge in [0.2, 0.25) is 5.54 Å². The van der Waals surface area contributed by atoms with Crippen LogP contribution in [0.4, 0.5) is 4.39 Å². The third kappa shape index (κ3) is 2.76. The Hall–Kier alpha value is -2.40. The molecule has 0 amide bonds. The number of carbonyl (C=O) groups is 1. The first-order valence-corrected chi connectivity index (χ1v) is 8.60. The summed E-state index contributed by atoms with van der Waals surface area (Å²) < 4.78 is 18.5. The van der Waals surface area contributed by atoms with Crippen molar-refractivity contribution in [2.45, 2.75) is 31.5 Å². The normalized spacial score (nSPS) is 21.0. The molecular weight excluding hydrogens is 355 g/mol. The van der Waals surface area contributed by atoms with Crippen molar-refractivity contribution in [3.8, 4) is 0 Å². The highest BCUT2D eigenvalue weighted by atomic mass is 35.5. The van der Waals surface area contributed by atoms with E-state index < -0.39 is 22.9 Å². The number of carbonyl (C=O) groups excluding carboxylic acids is 1. The molecule has 1 aliphatic heterocycles. The molecule has 2 aromatic carbocycles. The van der Waals surface area contributed by atoms with E-state index in [9.17, 15) is 9.18 Å². The molecule has 2 aromatic rings. The number of nitrogens with zero attached hydrogens (tertiary/aromatic N) is 2. The zero-order valence-corrected chi connectivity index (χ0v) is 15.6. The van der Waals surface area contributed by atoms with Crippen LogP contribution in [0.2, 0.25) is 5.02 Å². The van der Waals surface area contributed by atoms with Crippen LogP contribution < -0.4 is 0 Å². The first kappa shape index (κ1) is 18.4. The third-order valence-electron chi connectivity index (χ3n) is 5.00. The Morgan fingerprint density at radius 1 is 1.23 bits per heavy atom. The van der Waals surface area contributed by atoms with Crippen LogP contribution >= 0.6 is 11.6 Å². The molecule has 0 aliphatic carbocycles. The average Bonchev–Trinajstić information content (AvgIpc) is 2.90. The maximum Gasteiger partial charge on any atom is 0.340 e. The Morgan fingerprint density at radius 2 is 1.92 bits per heavy atom. The van der Waals surface area contributed by atoms with Crippen LogP contribution in [0.25, 0.3) is 0 Å². The molecule has 0 fully saturated rings. The minimum Gasteiger partial charge on any atom is -0.467 e. The molecule has 0 saturated carbocycles. The topological polar surface area (TPSA) is 41.9 Å². The average molecular weight is 375 g/mol. The van der Waals surface area contributed by atoms with Gasteiger partial charge < -0.3 is 9.64 Å². The molecule has 6 heteroatoms. The molecule has 1 atom stereocenters. The predicted octanol–water partition coefficient (Wildman–Crippen LogP) is 4.17. The van der Waals surface area contributed by atoms with E-state index in [0.29, 0.717) is 6.54 Å². The molecule has 136 valence electrons. The van der Waals surface area contributed by atoms with Gasteiger partial charge in [0.1, 0.15) is 5.82 Å². The number of rotatable bonds is 4. The molecule has 0 N–H and O–H groups in total. The van der Waals surface area contributed by atoms with Crippen LogP contribution in [-0.2, 0) is 21.6 Å². The van der Waals surface area contributed by atoms with E-state index in [0.717, 1.165) is 11.1 Å². The van der Waals surface area contributed by atoms with E-state index >= 15 is 0 Å². The first-order chi connectivity index (χ1) is 12.3. The number of methoxy groups -OCH3 is 1. The van der Waals surface area contributed by atoms with Crippen LogP contribution in [0.5, 0.6) is 0 Å². The lowest BCUT2D eigenvalue weighted by Crippen LogP contribution is -2.56. The van der Waals surface area contributed by atoms with E-state index in [1.807, 2.05) is 49.1 Å². The summed E-state index contributed by atoms with van der Waals surface area (Å²) in [6, 6.07) is 14.0. The van der Waals surface area contributed by atoms with Gasteiger partial charge in [-0.15, -0.1) is 0 Å². The highest BCUT2D eigenvalue weighted by Gasteiger charge is 2.59. The largest absolute Gasteiger partial charge is 0.467 e. The van der Waals surface area contributed by atoms with Gasteiger partial charge in [0.25, 0.3) is 0 Å². The second-order valence-corrected chi connectivity index (χ2v) is 7.16. The summed E-state index contributed by atoms with van der Waals surface area (Å²) in [6.45, 7) is 4.31. The number of halogens is 2. The van der Waals surface area contributed by atoms with Gasteiger partial charge in [-0.05, 0) is 37.1 Å². The number of benzene rings is 2. The summed E-state index contributed by atoms with van der Waals surface area (Å²) in [7, 11) is 1.36. The van der Waals surface area contributed by atoms with E-state index in [1.165, 1.54) is 13.2 Å². The smallest absolute Gasteiger partial charge is 0.340 e. The Labute approximate surface area is 157 Å². The Bertz CT molecular complexity index is 854. The zero-order valence-electron chi connectivity index (χ0n) is 14.9. The van der Waals surface area contributed by atoms with Gasteiger partial charge in [0, 0.05) is 6.54 Å². The van der Waals surface area contributed by atoms with Gasteiger partial charge in [-0.2, -0.15) is 0 Å². The van der Waals surface area contributed by atoms with Crippen LogP contribution in [0.3, 0.4) is 0 Å². The molecule has 4 nitrogen and oxygen atoms in total. The number of aliphatic imine (C=N–C) groups is 1. The van der Waals surface area contributed by atoms with Gasteiger partial charge in [-0.25, -0.2) is 14.2 Å². The maximum absolute atomic E-state index is 13.4. The van der Waals surface area contributed by atoms with E-state index in [2.05, 4.69) is 4.99 Å². The number of hydrogen-bond donors (Lipinski definition) is 0. The molecule has 3 rings (SSSR count). The SMILES string of the molecule is COC(=O)C1(c2ccccc2)N=CN(Cc2ccc(F)c(Cl)c2)C1(C)C. The first-order valence-electron chi connectivity index (χ1n) is 8.23. The van der Waals surface area contributed by atoms with E-state index in [-0.39, 0.29) is 5.02 Å². The quantitative estimate of drug-likeness (QED) is 0.754. The summed E-state index contributed by atoms with van der Waals surface area (Å²) in [5, 5.41) is 0.0683. The fourth-order valence-corrected chi connectivity index (χ4v) is 3.62. The van der Waals surface area contributed by atoms with Crippen molar-refractivity contribution in [2.24, 2.45) is 4.99 Å². The lowest BCUT2D eigenvalue weighted by Gasteiger charge is -2.42. The van der Waals surface area contributed by atoms with Gasteiger partial charge in [-0.1, -0.05) is 48.0 Å². The van der Waals surface area contributed by atoms with Crippen molar-refractivity contribution in [1.29, 1.82) is 0 Å². The van der Waals surface area contributed by atoms with Gasteiger partial charge in [0.15, 0.2) is 0 Å². The fraction of sp³-hybridized carbons (Fsp3) is 0.300. The van der Waals surface area contributed by atoms with Crippen molar-refractivity contribution >= 4 is 23.9 Å². The van der Waals surface area contributed by atoms with Gasteiger partial charge in [-0.3, -0.25) is 0 Å². The molecular formula is C20H20ClFN2O2. The summed E-state index contributed by atoms with van der Waals surface area (Å²) >= 11 is 5.89. The summed E-state index contributed by atoms with van der Waals surface area (Å²) in [5.74, 6) is -0.887. The second kappa shape index (κ2) is 6.72. The molecule has 0 aromatic heterocycles. The van der Waals surface area contributed by atoms with E-state index in [4.69, 9.17) is 16.3 Å². The van der Waals surface area contributed by atoms with Crippen molar-refractivity contribution in [3.05, 3.63) is 70.5 Å². The molecule has 1 unspecified atom stereocenters. The minimum atomic E-state index is -1.19. The molecule has 1 aliphatic rings. The lowest BCUT2D eigenvalue weighted by molar-refractivity contribution is -0.151. The second-order valence-electron chi connectivity index (χ2n) is 6.75. The summed E-state index contributed by atoms with van der Waals surface area (Å²) in [6.07, 6.45) is 1.65. The Kier molecular flexibility index (Phi) is 4.76. The van der Waals surface area contributed by atoms with Crippen LogP contribution in [-0.4, -0.2) is 29.9 Å². The maximum atomic E-state index is 13.4. The Morgan fingerprint density at radius 3 is 2.54 bits per heavy atom. The lowest BCUT2D eigenvalue weighted by atomic mass is 9.74. The van der Waals surface area contributed by atoms with E-state index in [1.54, 1.807) is 18.5 Å². The molecule has 0 saturated heterocycles. The van der Waals surface area contributed by atoms with Crippen LogP contribution in [0, 0.1) is 5.82 Å². The number of ether oxygens (including phenoxy) is 1. The predicted molar refractivity (Wildman–Crippen MR) is 99.7 cm³/mol. The highest BCUT2D eigenvalue weighted by Crippen LogP contribution is 2.45. The molecule has 0 radical (unpaired) electrons. The van der Waals surface area contributed by atoms with Crippen molar-refractivity contribution < 1.29 is 13.9 Å². The Balaban J connectivity index is 2.01. The standard InChI is InChI=1S/C20H20ClFN2O2/c1-19(2)20(18(25)26-3,15-7-5-4-6-8-15)23-13-24(19)12-14-9-10-17(22)16(21)11-14/h4-11,13H,12H2,1-3H3.